The molecule has 1 heterocycles. The molecule has 5 nitrogen and oxygen atoms in total. The molecule has 0 bridgehead atoms. The summed E-state index contributed by atoms with van der Waals surface area (Å²) < 4.78 is 27.7. The first kappa shape index (κ1) is 19.7. The molecular weight excluding hydrogens is 344 g/mol. The maximum absolute atomic E-state index is 5.84. The minimum Gasteiger partial charge on any atom is -0.491 e. The summed E-state index contributed by atoms with van der Waals surface area (Å²) in [6.45, 7) is 7.79. The van der Waals surface area contributed by atoms with E-state index in [0.29, 0.717) is 33.0 Å². The van der Waals surface area contributed by atoms with Gasteiger partial charge in [-0.1, -0.05) is 24.3 Å². The second-order valence-electron chi connectivity index (χ2n) is 6.82. The lowest BCUT2D eigenvalue weighted by Gasteiger charge is -2.10. The minimum absolute atomic E-state index is 0.242. The Morgan fingerprint density at radius 1 is 0.852 bits per heavy atom. The van der Waals surface area contributed by atoms with Gasteiger partial charge in [-0.2, -0.15) is 0 Å². The molecule has 5 heteroatoms. The summed E-state index contributed by atoms with van der Waals surface area (Å²) in [5.41, 5.74) is 2.22. The van der Waals surface area contributed by atoms with Crippen LogP contribution in [0, 0.1) is 0 Å². The van der Waals surface area contributed by atoms with Gasteiger partial charge in [0.05, 0.1) is 32.5 Å². The van der Waals surface area contributed by atoms with E-state index >= 15 is 0 Å². The number of benzene rings is 2. The van der Waals surface area contributed by atoms with Gasteiger partial charge in [0.25, 0.3) is 0 Å². The molecule has 1 fully saturated rings. The van der Waals surface area contributed by atoms with Crippen LogP contribution in [0.4, 0.5) is 0 Å². The third kappa shape index (κ3) is 7.59. The van der Waals surface area contributed by atoms with Crippen molar-refractivity contribution in [3.05, 3.63) is 59.7 Å². The van der Waals surface area contributed by atoms with Crippen molar-refractivity contribution in [1.29, 1.82) is 0 Å². The van der Waals surface area contributed by atoms with Crippen molar-refractivity contribution < 1.29 is 23.7 Å². The zero-order valence-electron chi connectivity index (χ0n) is 16.1. The summed E-state index contributed by atoms with van der Waals surface area (Å²) in [6, 6.07) is 15.9. The molecule has 1 atom stereocenters. The lowest BCUT2D eigenvalue weighted by molar-refractivity contribution is 0.0143. The predicted molar refractivity (Wildman–Crippen MR) is 103 cm³/mol. The van der Waals surface area contributed by atoms with Crippen molar-refractivity contribution in [2.45, 2.75) is 39.3 Å². The van der Waals surface area contributed by atoms with E-state index in [1.165, 1.54) is 0 Å². The molecular formula is C22H28O5. The van der Waals surface area contributed by atoms with Crippen LogP contribution in [0.1, 0.15) is 25.0 Å². The van der Waals surface area contributed by atoms with E-state index in [0.717, 1.165) is 29.2 Å². The van der Waals surface area contributed by atoms with Gasteiger partial charge in [-0.25, -0.2) is 0 Å². The van der Waals surface area contributed by atoms with Gasteiger partial charge in [0.1, 0.15) is 30.8 Å². The SMILES string of the molecule is CC(C)OCCOCc1ccc(OCc2ccc(OCC3CO3)cc2)cc1. The van der Waals surface area contributed by atoms with E-state index in [2.05, 4.69) is 0 Å². The van der Waals surface area contributed by atoms with Crippen molar-refractivity contribution >= 4 is 0 Å². The fourth-order valence-electron chi connectivity index (χ4n) is 2.42. The van der Waals surface area contributed by atoms with Gasteiger partial charge < -0.3 is 23.7 Å². The summed E-state index contributed by atoms with van der Waals surface area (Å²) in [5.74, 6) is 1.70. The molecule has 146 valence electrons. The van der Waals surface area contributed by atoms with Gasteiger partial charge in [0.2, 0.25) is 0 Å². The Morgan fingerprint density at radius 2 is 1.44 bits per heavy atom. The monoisotopic (exact) mass is 372 g/mol. The van der Waals surface area contributed by atoms with Crippen molar-refractivity contribution in [3.8, 4) is 11.5 Å². The van der Waals surface area contributed by atoms with Gasteiger partial charge in [0, 0.05) is 0 Å². The van der Waals surface area contributed by atoms with Gasteiger partial charge in [-0.15, -0.1) is 0 Å². The number of epoxide rings is 1. The van der Waals surface area contributed by atoms with Crippen LogP contribution in [-0.4, -0.2) is 38.6 Å². The summed E-state index contributed by atoms with van der Waals surface area (Å²) in [7, 11) is 0. The summed E-state index contributed by atoms with van der Waals surface area (Å²) in [6.07, 6.45) is 0.515. The molecule has 0 N–H and O–H groups in total. The molecule has 27 heavy (non-hydrogen) atoms. The lowest BCUT2D eigenvalue weighted by atomic mass is 10.2. The van der Waals surface area contributed by atoms with Crippen molar-refractivity contribution in [2.24, 2.45) is 0 Å². The molecule has 0 radical (unpaired) electrons. The third-order valence-electron chi connectivity index (χ3n) is 4.04. The van der Waals surface area contributed by atoms with E-state index < -0.39 is 0 Å². The van der Waals surface area contributed by atoms with Crippen molar-refractivity contribution in [2.75, 3.05) is 26.4 Å². The molecule has 0 saturated carbocycles. The first-order valence-corrected chi connectivity index (χ1v) is 9.43. The summed E-state index contributed by atoms with van der Waals surface area (Å²) in [4.78, 5) is 0. The Kier molecular flexibility index (Phi) is 7.51. The van der Waals surface area contributed by atoms with E-state index in [1.54, 1.807) is 0 Å². The fraction of sp³-hybridized carbons (Fsp3) is 0.455. The molecule has 0 aliphatic carbocycles. The van der Waals surface area contributed by atoms with Crippen LogP contribution in [-0.2, 0) is 27.4 Å². The molecule has 1 unspecified atom stereocenters. The van der Waals surface area contributed by atoms with Crippen LogP contribution >= 0.6 is 0 Å². The third-order valence-corrected chi connectivity index (χ3v) is 4.04. The normalized spacial score (nSPS) is 15.7. The van der Waals surface area contributed by atoms with Crippen LogP contribution in [0.15, 0.2) is 48.5 Å². The van der Waals surface area contributed by atoms with E-state index in [1.807, 2.05) is 62.4 Å². The van der Waals surface area contributed by atoms with Crippen LogP contribution in [0.2, 0.25) is 0 Å². The Balaban J connectivity index is 1.35. The zero-order valence-corrected chi connectivity index (χ0v) is 16.1. The molecule has 1 aliphatic rings. The topological polar surface area (TPSA) is 49.5 Å². The molecule has 1 saturated heterocycles. The Bertz CT molecular complexity index is 662. The number of rotatable bonds is 12. The predicted octanol–water partition coefficient (Wildman–Crippen LogP) is 3.98. The number of hydrogen-bond acceptors (Lipinski definition) is 5. The molecule has 3 rings (SSSR count). The first-order valence-electron chi connectivity index (χ1n) is 9.43. The molecule has 0 spiro atoms. The van der Waals surface area contributed by atoms with Crippen LogP contribution in [0.3, 0.4) is 0 Å². The van der Waals surface area contributed by atoms with Crippen molar-refractivity contribution in [1.82, 2.24) is 0 Å². The first-order chi connectivity index (χ1) is 13.2. The quantitative estimate of drug-likeness (QED) is 0.417. The average Bonchev–Trinajstić information content (AvgIpc) is 3.50. The Morgan fingerprint density at radius 3 is 2.04 bits per heavy atom. The standard InChI is InChI=1S/C22H28O5/c1-17(2)24-12-11-23-13-18-3-7-20(8-4-18)25-14-19-5-9-21(10-6-19)26-15-22-16-27-22/h3-10,17,22H,11-16H2,1-2H3. The van der Waals surface area contributed by atoms with Crippen LogP contribution in [0.5, 0.6) is 11.5 Å². The van der Waals surface area contributed by atoms with Gasteiger partial charge in [-0.3, -0.25) is 0 Å². The van der Waals surface area contributed by atoms with Gasteiger partial charge in [0.15, 0.2) is 0 Å². The summed E-state index contributed by atoms with van der Waals surface area (Å²) >= 11 is 0. The highest BCUT2D eigenvalue weighted by atomic mass is 16.6. The smallest absolute Gasteiger partial charge is 0.119 e. The van der Waals surface area contributed by atoms with E-state index in [9.17, 15) is 0 Å². The largest absolute Gasteiger partial charge is 0.491 e. The Labute approximate surface area is 161 Å². The fourth-order valence-corrected chi connectivity index (χ4v) is 2.42. The minimum atomic E-state index is 0.242. The maximum Gasteiger partial charge on any atom is 0.119 e. The second-order valence-corrected chi connectivity index (χ2v) is 6.82. The molecule has 1 aliphatic heterocycles. The molecule has 0 amide bonds. The lowest BCUT2D eigenvalue weighted by Crippen LogP contribution is -2.09. The second kappa shape index (κ2) is 10.3. The summed E-state index contributed by atoms with van der Waals surface area (Å²) in [5, 5.41) is 0. The molecule has 2 aromatic rings. The van der Waals surface area contributed by atoms with Crippen LogP contribution < -0.4 is 9.47 Å². The van der Waals surface area contributed by atoms with Gasteiger partial charge in [-0.05, 0) is 49.2 Å². The average molecular weight is 372 g/mol. The number of hydrogen-bond donors (Lipinski definition) is 0. The van der Waals surface area contributed by atoms with E-state index in [4.69, 9.17) is 23.7 Å². The van der Waals surface area contributed by atoms with Crippen LogP contribution in [0.25, 0.3) is 0 Å². The highest BCUT2D eigenvalue weighted by Crippen LogP contribution is 2.18. The Hall–Kier alpha value is -2.08. The highest BCUT2D eigenvalue weighted by Gasteiger charge is 2.22. The zero-order chi connectivity index (χ0) is 18.9. The maximum atomic E-state index is 5.84. The van der Waals surface area contributed by atoms with E-state index in [-0.39, 0.29) is 12.2 Å². The van der Waals surface area contributed by atoms with Crippen molar-refractivity contribution in [3.63, 3.8) is 0 Å². The molecule has 0 aromatic heterocycles. The van der Waals surface area contributed by atoms with Gasteiger partial charge >= 0.3 is 0 Å². The number of ether oxygens (including phenoxy) is 5. The molecule has 2 aromatic carbocycles. The highest BCUT2D eigenvalue weighted by molar-refractivity contribution is 5.29.